The van der Waals surface area contributed by atoms with Crippen molar-refractivity contribution < 1.29 is 9.59 Å². The van der Waals surface area contributed by atoms with E-state index < -0.39 is 12.2 Å². The van der Waals surface area contributed by atoms with E-state index in [0.29, 0.717) is 27.3 Å². The minimum absolute atomic E-state index is 0.230. The molecule has 0 radical (unpaired) electrons. The van der Waals surface area contributed by atoms with Gasteiger partial charge >= 0.3 is 6.03 Å². The number of hydrogen-bond acceptors (Lipinski definition) is 8. The van der Waals surface area contributed by atoms with E-state index in [0.717, 1.165) is 40.4 Å². The summed E-state index contributed by atoms with van der Waals surface area (Å²) in [5, 5.41) is 17.9. The maximum atomic E-state index is 13.4. The van der Waals surface area contributed by atoms with Crippen LogP contribution in [0, 0.1) is 0 Å². The summed E-state index contributed by atoms with van der Waals surface area (Å²) in [4.78, 5) is 41.8. The van der Waals surface area contributed by atoms with E-state index in [1.807, 2.05) is 72.1 Å². The number of benzene rings is 3. The quantitative estimate of drug-likeness (QED) is 0.0578. The van der Waals surface area contributed by atoms with Crippen LogP contribution in [0.2, 0.25) is 0 Å². The van der Waals surface area contributed by atoms with Gasteiger partial charge in [0, 0.05) is 54.3 Å². The van der Waals surface area contributed by atoms with Gasteiger partial charge in [-0.3, -0.25) is 4.79 Å². The van der Waals surface area contributed by atoms with Gasteiger partial charge in [-0.25, -0.2) is 19.8 Å². The molecule has 4 aromatic rings. The predicted octanol–water partition coefficient (Wildman–Crippen LogP) is 4.36. The molecule has 0 saturated heterocycles. The van der Waals surface area contributed by atoms with Crippen LogP contribution in [0.1, 0.15) is 22.4 Å². The minimum Gasteiger partial charge on any atom is -0.370 e. The Morgan fingerprint density at radius 1 is 1.08 bits per heavy atom. The number of para-hydroxylation sites is 1. The highest BCUT2D eigenvalue weighted by atomic mass is 32.2. The number of rotatable bonds is 11. The molecule has 48 heavy (non-hydrogen) atoms. The van der Waals surface area contributed by atoms with E-state index in [9.17, 15) is 9.59 Å². The van der Waals surface area contributed by atoms with E-state index >= 15 is 0 Å². The molecule has 248 valence electrons. The fraction of sp³-hybridized carbons (Fsp3) is 0.212. The number of hydrogen-bond donors (Lipinski definition) is 6. The Morgan fingerprint density at radius 2 is 1.88 bits per heavy atom. The Hall–Kier alpha value is -4.99. The summed E-state index contributed by atoms with van der Waals surface area (Å²) in [5.41, 5.74) is 11.4. The number of aliphatic imine (C=N–C) groups is 2. The molecule has 3 amide bonds. The zero-order valence-electron chi connectivity index (χ0n) is 26.4. The van der Waals surface area contributed by atoms with E-state index in [-0.39, 0.29) is 18.4 Å². The molecule has 0 aliphatic carbocycles. The molecular weight excluding hydrogens is 665 g/mol. The van der Waals surface area contributed by atoms with Crippen molar-refractivity contribution in [3.05, 3.63) is 107 Å². The molecule has 2 heterocycles. The van der Waals surface area contributed by atoms with Crippen molar-refractivity contribution in [1.82, 2.24) is 20.9 Å². The molecule has 0 saturated carbocycles. The first-order valence-corrected chi connectivity index (χ1v) is 17.5. The summed E-state index contributed by atoms with van der Waals surface area (Å²) in [6.45, 7) is 1.05. The number of benzodiazepines with no additional fused rings is 1. The number of thiocarbonyl (C=S) groups is 1. The van der Waals surface area contributed by atoms with Crippen LogP contribution in [-0.4, -0.2) is 66.3 Å². The molecule has 1 aromatic heterocycles. The van der Waals surface area contributed by atoms with Gasteiger partial charge in [-0.15, -0.1) is 11.3 Å². The Bertz CT molecular complexity index is 1810. The van der Waals surface area contributed by atoms with Crippen LogP contribution < -0.4 is 37.2 Å². The molecule has 0 spiro atoms. The standard InChI is InChI=1S/C33H36N10O2S3/c1-35-32(46)36-15-16-47-19-24-20-48-33(39-24)42-30(34)37-18-21-9-8-12-23(17-21)38-31(45)41-28-29(44)43(2)26-14-7-6-13-25(26)27(40-28)22-10-4-3-5-11-22/h3-14,17,20,28H,15-16,18-19H2,1-2H3,(H2,35,36,46)(H2,38,41,45)(H3,34,37,39,42)/t28-/m0/s1. The number of nitrogens with two attached hydrogens (primary N) is 1. The number of urea groups is 1. The minimum atomic E-state index is -1.14. The van der Waals surface area contributed by atoms with Gasteiger partial charge in [-0.1, -0.05) is 60.7 Å². The fourth-order valence-corrected chi connectivity index (χ4v) is 6.41. The highest BCUT2D eigenvalue weighted by Gasteiger charge is 2.31. The Kier molecular flexibility index (Phi) is 12.0. The number of guanidine groups is 1. The van der Waals surface area contributed by atoms with Crippen molar-refractivity contribution in [1.29, 1.82) is 0 Å². The van der Waals surface area contributed by atoms with Crippen molar-refractivity contribution in [2.75, 3.05) is 41.9 Å². The highest BCUT2D eigenvalue weighted by molar-refractivity contribution is 7.98. The maximum Gasteiger partial charge on any atom is 0.321 e. The van der Waals surface area contributed by atoms with Crippen LogP contribution in [0.3, 0.4) is 0 Å². The number of thioether (sulfide) groups is 1. The topological polar surface area (TPSA) is 161 Å². The summed E-state index contributed by atoms with van der Waals surface area (Å²) in [5.74, 6) is 1.54. The lowest BCUT2D eigenvalue weighted by atomic mass is 10.0. The van der Waals surface area contributed by atoms with Gasteiger partial charge in [0.2, 0.25) is 6.17 Å². The molecule has 15 heteroatoms. The van der Waals surface area contributed by atoms with Crippen LogP contribution in [-0.2, 0) is 17.1 Å². The lowest BCUT2D eigenvalue weighted by Gasteiger charge is -2.21. The summed E-state index contributed by atoms with van der Waals surface area (Å²) in [6, 6.07) is 23.8. The van der Waals surface area contributed by atoms with E-state index in [1.54, 1.807) is 38.0 Å². The SMILES string of the molecule is CNC(=S)NCCSCc1csc(NC(N)=NCc2cccc(NC(=O)N[C@@H]3N=C(c4ccccc4)c4ccccc4N(C)C3=O)c2)n1. The number of carbonyl (C=O) groups excluding carboxylic acids is 2. The molecule has 5 rings (SSSR count). The molecule has 0 bridgehead atoms. The molecule has 0 unspecified atom stereocenters. The number of thiazole rings is 1. The number of likely N-dealkylation sites (N-methyl/N-ethyl adjacent to an activating group) is 1. The van der Waals surface area contributed by atoms with Crippen LogP contribution >= 0.6 is 35.3 Å². The van der Waals surface area contributed by atoms with Gasteiger partial charge in [0.15, 0.2) is 16.2 Å². The second-order valence-electron chi connectivity index (χ2n) is 10.5. The molecule has 1 aliphatic heterocycles. The first-order valence-electron chi connectivity index (χ1n) is 15.0. The predicted molar refractivity (Wildman–Crippen MR) is 201 cm³/mol. The maximum absolute atomic E-state index is 13.4. The van der Waals surface area contributed by atoms with Gasteiger partial charge in [-0.05, 0) is 36.0 Å². The number of nitrogens with one attached hydrogen (secondary N) is 5. The highest BCUT2D eigenvalue weighted by Crippen LogP contribution is 2.27. The molecule has 7 N–H and O–H groups in total. The average molecular weight is 701 g/mol. The molecule has 1 atom stereocenters. The van der Waals surface area contributed by atoms with E-state index in [1.165, 1.54) is 16.2 Å². The number of fused-ring (bicyclic) bond motifs is 1. The number of amides is 3. The zero-order valence-corrected chi connectivity index (χ0v) is 28.8. The van der Waals surface area contributed by atoms with E-state index in [4.69, 9.17) is 22.9 Å². The summed E-state index contributed by atoms with van der Waals surface area (Å²) in [7, 11) is 3.47. The number of carbonyl (C=O) groups is 2. The second kappa shape index (κ2) is 16.7. The lowest BCUT2D eigenvalue weighted by Crippen LogP contribution is -2.47. The summed E-state index contributed by atoms with van der Waals surface area (Å²) >= 11 is 8.29. The lowest BCUT2D eigenvalue weighted by molar-refractivity contribution is -0.119. The zero-order chi connectivity index (χ0) is 33.9. The van der Waals surface area contributed by atoms with Gasteiger partial charge in [0.05, 0.1) is 23.6 Å². The second-order valence-corrected chi connectivity index (χ2v) is 12.9. The van der Waals surface area contributed by atoms with Crippen molar-refractivity contribution in [2.24, 2.45) is 15.7 Å². The molecule has 3 aromatic carbocycles. The average Bonchev–Trinajstić information content (AvgIpc) is 3.51. The van der Waals surface area contributed by atoms with Gasteiger partial charge < -0.3 is 37.2 Å². The van der Waals surface area contributed by atoms with Gasteiger partial charge in [-0.2, -0.15) is 11.8 Å². The third-order valence-corrected chi connectivity index (χ3v) is 9.22. The molecule has 1 aliphatic rings. The van der Waals surface area contributed by atoms with Crippen LogP contribution in [0.4, 0.5) is 21.3 Å². The van der Waals surface area contributed by atoms with Crippen molar-refractivity contribution in [2.45, 2.75) is 18.5 Å². The van der Waals surface area contributed by atoms with Gasteiger partial charge in [0.1, 0.15) is 0 Å². The Morgan fingerprint density at radius 3 is 2.69 bits per heavy atom. The van der Waals surface area contributed by atoms with Crippen LogP contribution in [0.25, 0.3) is 0 Å². The number of nitrogens with zero attached hydrogens (tertiary/aromatic N) is 4. The van der Waals surface area contributed by atoms with Crippen LogP contribution in [0.5, 0.6) is 0 Å². The van der Waals surface area contributed by atoms with Gasteiger partial charge in [0.25, 0.3) is 5.91 Å². The normalized spacial score (nSPS) is 14.3. The number of anilines is 3. The number of aromatic nitrogens is 1. The molecule has 0 fully saturated rings. The summed E-state index contributed by atoms with van der Waals surface area (Å²) in [6.07, 6.45) is -1.14. The summed E-state index contributed by atoms with van der Waals surface area (Å²) < 4.78 is 0. The van der Waals surface area contributed by atoms with Crippen molar-refractivity contribution in [3.8, 4) is 0 Å². The first kappa shape index (κ1) is 34.3. The molecule has 12 nitrogen and oxygen atoms in total. The smallest absolute Gasteiger partial charge is 0.321 e. The van der Waals surface area contributed by atoms with E-state index in [2.05, 4.69) is 36.6 Å². The monoisotopic (exact) mass is 700 g/mol. The fourth-order valence-electron chi connectivity index (χ4n) is 4.74. The Balaban J connectivity index is 1.17. The third-order valence-electron chi connectivity index (χ3n) is 7.07. The molecular formula is C33H36N10O2S3. The Labute approximate surface area is 292 Å². The third kappa shape index (κ3) is 9.30. The first-order chi connectivity index (χ1) is 23.3. The largest absolute Gasteiger partial charge is 0.370 e. The van der Waals surface area contributed by atoms with Crippen molar-refractivity contribution in [3.63, 3.8) is 0 Å². The van der Waals surface area contributed by atoms with Crippen molar-refractivity contribution >= 4 is 80.5 Å². The van der Waals surface area contributed by atoms with Crippen LogP contribution in [0.15, 0.2) is 94.2 Å².